The van der Waals surface area contributed by atoms with E-state index in [0.29, 0.717) is 35.1 Å². The van der Waals surface area contributed by atoms with Crippen molar-refractivity contribution in [3.63, 3.8) is 0 Å². The van der Waals surface area contributed by atoms with E-state index in [9.17, 15) is 5.26 Å². The van der Waals surface area contributed by atoms with E-state index in [1.807, 2.05) is 32.0 Å². The molecular weight excluding hydrogens is 332 g/mol. The molecule has 1 aromatic heterocycles. The van der Waals surface area contributed by atoms with Crippen LogP contribution in [0.4, 0.5) is 5.82 Å². The van der Waals surface area contributed by atoms with Crippen LogP contribution in [-0.2, 0) is 6.42 Å². The van der Waals surface area contributed by atoms with Crippen LogP contribution in [0.25, 0.3) is 0 Å². The molecule has 0 bridgehead atoms. The van der Waals surface area contributed by atoms with Crippen LogP contribution >= 0.6 is 0 Å². The number of rotatable bonds is 4. The van der Waals surface area contributed by atoms with E-state index in [1.54, 1.807) is 20.3 Å². The lowest BCUT2D eigenvalue weighted by molar-refractivity contribution is 0.316. The molecule has 2 aromatic rings. The Bertz CT molecular complexity index is 903. The summed E-state index contributed by atoms with van der Waals surface area (Å²) in [6.45, 7) is 2.03. The minimum atomic E-state index is -0.0195. The molecule has 7 nitrogen and oxygen atoms in total. The van der Waals surface area contributed by atoms with Crippen LogP contribution in [0.1, 0.15) is 35.2 Å². The van der Waals surface area contributed by atoms with Crippen molar-refractivity contribution in [2.24, 2.45) is 0 Å². The summed E-state index contributed by atoms with van der Waals surface area (Å²) in [6, 6.07) is 5.85. The molecule has 1 aromatic carbocycles. The third-order valence-electron chi connectivity index (χ3n) is 4.78. The first-order chi connectivity index (χ1) is 12.4. The van der Waals surface area contributed by atoms with E-state index in [0.717, 1.165) is 16.7 Å². The van der Waals surface area contributed by atoms with E-state index < -0.39 is 0 Å². The van der Waals surface area contributed by atoms with E-state index in [1.165, 1.54) is 0 Å². The van der Waals surface area contributed by atoms with Gasteiger partial charge < -0.3 is 24.8 Å². The predicted octanol–water partition coefficient (Wildman–Crippen LogP) is 2.87. The SMILES string of the molecule is COc1cc2c(cc1OC)Oc1nc(N)c(C#N)c(C(C)N(C)C)c1C2. The fraction of sp³-hybridized carbons (Fsp3) is 0.368. The molecule has 1 unspecified atom stereocenters. The number of benzene rings is 1. The van der Waals surface area contributed by atoms with E-state index in [4.69, 9.17) is 19.9 Å². The molecule has 1 atom stereocenters. The van der Waals surface area contributed by atoms with Gasteiger partial charge in [-0.2, -0.15) is 10.2 Å². The van der Waals surface area contributed by atoms with Crippen molar-refractivity contribution in [2.45, 2.75) is 19.4 Å². The third-order valence-corrected chi connectivity index (χ3v) is 4.78. The van der Waals surface area contributed by atoms with Gasteiger partial charge in [-0.15, -0.1) is 0 Å². The number of hydrogen-bond donors (Lipinski definition) is 1. The van der Waals surface area contributed by atoms with Crippen molar-refractivity contribution in [1.29, 1.82) is 5.26 Å². The van der Waals surface area contributed by atoms with Gasteiger partial charge in [0.05, 0.1) is 19.8 Å². The lowest BCUT2D eigenvalue weighted by Gasteiger charge is -2.28. The lowest BCUT2D eigenvalue weighted by atomic mass is 9.91. The normalized spacial score (nSPS) is 13.3. The highest BCUT2D eigenvalue weighted by Gasteiger charge is 2.29. The first kappa shape index (κ1) is 17.8. The molecule has 0 saturated carbocycles. The standard InChI is InChI=1S/C19H22N4O3/c1-10(23(2)3)17-12-6-11-7-15(24-4)16(25-5)8-14(11)26-19(12)22-18(21)13(17)9-20/h7-8,10H,6H2,1-5H3,(H2,21,22). The van der Waals surface area contributed by atoms with Crippen molar-refractivity contribution in [1.82, 2.24) is 9.88 Å². The molecule has 2 N–H and O–H groups in total. The summed E-state index contributed by atoms with van der Waals surface area (Å²) in [5, 5.41) is 9.61. The Balaban J connectivity index is 2.20. The number of nitrogen functional groups attached to an aromatic ring is 1. The molecule has 7 heteroatoms. The number of nitrogens with two attached hydrogens (primary N) is 1. The van der Waals surface area contributed by atoms with Crippen molar-refractivity contribution in [3.8, 4) is 29.2 Å². The van der Waals surface area contributed by atoms with Gasteiger partial charge in [-0.1, -0.05) is 0 Å². The van der Waals surface area contributed by atoms with E-state index in [-0.39, 0.29) is 11.9 Å². The van der Waals surface area contributed by atoms with Crippen LogP contribution in [-0.4, -0.2) is 38.2 Å². The van der Waals surface area contributed by atoms with Gasteiger partial charge in [0.15, 0.2) is 11.5 Å². The molecule has 0 saturated heterocycles. The zero-order chi connectivity index (χ0) is 19.0. The highest BCUT2D eigenvalue weighted by molar-refractivity contribution is 5.64. The van der Waals surface area contributed by atoms with Crippen LogP contribution in [0.5, 0.6) is 23.1 Å². The summed E-state index contributed by atoms with van der Waals surface area (Å²) in [7, 11) is 7.09. The van der Waals surface area contributed by atoms with Gasteiger partial charge in [0.1, 0.15) is 17.6 Å². The van der Waals surface area contributed by atoms with Crippen LogP contribution in [0, 0.1) is 11.3 Å². The average Bonchev–Trinajstić information content (AvgIpc) is 2.63. The van der Waals surface area contributed by atoms with Gasteiger partial charge >= 0.3 is 0 Å². The van der Waals surface area contributed by atoms with Crippen LogP contribution in [0.2, 0.25) is 0 Å². The number of hydrogen-bond acceptors (Lipinski definition) is 7. The number of aromatic nitrogens is 1. The second-order valence-electron chi connectivity index (χ2n) is 6.41. The second-order valence-corrected chi connectivity index (χ2v) is 6.41. The molecule has 3 rings (SSSR count). The molecular formula is C19H22N4O3. The van der Waals surface area contributed by atoms with Gasteiger partial charge in [0.25, 0.3) is 0 Å². The van der Waals surface area contributed by atoms with Gasteiger partial charge in [-0.25, -0.2) is 0 Å². The number of methoxy groups -OCH3 is 2. The molecule has 0 radical (unpaired) electrons. The van der Waals surface area contributed by atoms with Gasteiger partial charge in [0, 0.05) is 29.7 Å². The molecule has 1 aliphatic heterocycles. The Morgan fingerprint density at radius 1 is 1.27 bits per heavy atom. The van der Waals surface area contributed by atoms with Gasteiger partial charge in [-0.05, 0) is 32.6 Å². The Morgan fingerprint density at radius 2 is 1.92 bits per heavy atom. The Labute approximate surface area is 152 Å². The maximum Gasteiger partial charge on any atom is 0.225 e. The Hall–Kier alpha value is -2.98. The highest BCUT2D eigenvalue weighted by Crippen LogP contribution is 2.45. The summed E-state index contributed by atoms with van der Waals surface area (Å²) in [5.74, 6) is 2.47. The zero-order valence-electron chi connectivity index (χ0n) is 15.6. The van der Waals surface area contributed by atoms with Gasteiger partial charge in [0.2, 0.25) is 5.88 Å². The molecule has 26 heavy (non-hydrogen) atoms. The first-order valence-electron chi connectivity index (χ1n) is 8.22. The highest BCUT2D eigenvalue weighted by atomic mass is 16.5. The average molecular weight is 354 g/mol. The summed E-state index contributed by atoms with van der Waals surface area (Å²) in [5.41, 5.74) is 9.10. The molecule has 2 heterocycles. The second kappa shape index (κ2) is 6.73. The van der Waals surface area contributed by atoms with Crippen molar-refractivity contribution < 1.29 is 14.2 Å². The van der Waals surface area contributed by atoms with Crippen LogP contribution in [0.3, 0.4) is 0 Å². The monoisotopic (exact) mass is 354 g/mol. The summed E-state index contributed by atoms with van der Waals surface area (Å²) in [6.07, 6.45) is 0.570. The molecule has 0 amide bonds. The number of nitriles is 1. The largest absolute Gasteiger partial charge is 0.493 e. The van der Waals surface area contributed by atoms with Crippen LogP contribution < -0.4 is 19.9 Å². The topological polar surface area (TPSA) is 93.6 Å². The maximum atomic E-state index is 9.61. The number of ether oxygens (including phenoxy) is 3. The zero-order valence-corrected chi connectivity index (χ0v) is 15.6. The van der Waals surface area contributed by atoms with Crippen LogP contribution in [0.15, 0.2) is 12.1 Å². The number of nitrogens with zero attached hydrogens (tertiary/aromatic N) is 3. The molecule has 1 aliphatic rings. The number of anilines is 1. The molecule has 0 aliphatic carbocycles. The molecule has 136 valence electrons. The smallest absolute Gasteiger partial charge is 0.225 e. The minimum absolute atomic E-state index is 0.0195. The Kier molecular flexibility index (Phi) is 4.62. The number of fused-ring (bicyclic) bond motifs is 2. The summed E-state index contributed by atoms with van der Waals surface area (Å²) < 4.78 is 16.8. The van der Waals surface area contributed by atoms with Crippen molar-refractivity contribution >= 4 is 5.82 Å². The molecule has 0 fully saturated rings. The van der Waals surface area contributed by atoms with E-state index in [2.05, 4.69) is 11.1 Å². The fourth-order valence-corrected chi connectivity index (χ4v) is 3.16. The van der Waals surface area contributed by atoms with E-state index >= 15 is 0 Å². The number of pyridine rings is 1. The third kappa shape index (κ3) is 2.78. The van der Waals surface area contributed by atoms with Crippen molar-refractivity contribution in [3.05, 3.63) is 34.4 Å². The lowest BCUT2D eigenvalue weighted by Crippen LogP contribution is -2.22. The predicted molar refractivity (Wildman–Crippen MR) is 97.9 cm³/mol. The van der Waals surface area contributed by atoms with Gasteiger partial charge in [-0.3, -0.25) is 0 Å². The molecule has 0 spiro atoms. The Morgan fingerprint density at radius 3 is 2.50 bits per heavy atom. The quantitative estimate of drug-likeness (QED) is 0.770. The minimum Gasteiger partial charge on any atom is -0.493 e. The first-order valence-corrected chi connectivity index (χ1v) is 8.22. The maximum absolute atomic E-state index is 9.61. The fourth-order valence-electron chi connectivity index (χ4n) is 3.16. The summed E-state index contributed by atoms with van der Waals surface area (Å²) in [4.78, 5) is 6.35. The van der Waals surface area contributed by atoms with Crippen molar-refractivity contribution in [2.75, 3.05) is 34.0 Å². The summed E-state index contributed by atoms with van der Waals surface area (Å²) >= 11 is 0.